The molecule has 4 aliphatic heterocycles. The maximum absolute atomic E-state index is 13.7. The van der Waals surface area contributed by atoms with Crippen molar-refractivity contribution in [3.63, 3.8) is 0 Å². The molecule has 5 amide bonds. The summed E-state index contributed by atoms with van der Waals surface area (Å²) < 4.78 is 21.3. The molecule has 3 fully saturated rings. The Labute approximate surface area is 394 Å². The number of anilines is 2. The van der Waals surface area contributed by atoms with Gasteiger partial charge in [-0.3, -0.25) is 52.7 Å². The maximum atomic E-state index is 13.7. The number of imidazole rings is 1. The van der Waals surface area contributed by atoms with Crippen molar-refractivity contribution in [2.75, 3.05) is 82.6 Å². The molecular formula is C46H52ClN11O10. The SMILES string of the molecule is Cc1ccc(C2=NN=C(Cn3c(N4CCN(C(=O)CCOCCOCCOCCNc5cccc6c5C(=O)N(C5CCC(=O)NC5=O)C6=O)CC4)nc4c3c(=O)n(C)c(=O)n4C)C23CC3)cc1Cl. The Hall–Kier alpha value is -6.55. The number of amides is 5. The van der Waals surface area contributed by atoms with Crippen molar-refractivity contribution in [2.45, 2.75) is 51.6 Å². The van der Waals surface area contributed by atoms with Crippen molar-refractivity contribution in [1.29, 1.82) is 0 Å². The average Bonchev–Trinajstić information content (AvgIpc) is 3.83. The van der Waals surface area contributed by atoms with Crippen molar-refractivity contribution < 1.29 is 38.2 Å². The molecule has 1 atom stereocenters. The molecule has 68 heavy (non-hydrogen) atoms. The molecule has 1 unspecified atom stereocenters. The third-order valence-corrected chi connectivity index (χ3v) is 13.7. The van der Waals surface area contributed by atoms with Gasteiger partial charge in [-0.1, -0.05) is 29.8 Å². The molecule has 2 saturated heterocycles. The Morgan fingerprint density at radius 2 is 1.60 bits per heavy atom. The van der Waals surface area contributed by atoms with Crippen molar-refractivity contribution in [3.05, 3.63) is 84.5 Å². The van der Waals surface area contributed by atoms with Crippen LogP contribution >= 0.6 is 11.6 Å². The molecule has 1 aliphatic carbocycles. The fourth-order valence-corrected chi connectivity index (χ4v) is 9.44. The third-order valence-electron chi connectivity index (χ3n) is 13.3. The van der Waals surface area contributed by atoms with Gasteiger partial charge in [-0.2, -0.15) is 15.2 Å². The van der Waals surface area contributed by atoms with E-state index in [-0.39, 0.29) is 67.1 Å². The van der Waals surface area contributed by atoms with Gasteiger partial charge in [0.2, 0.25) is 23.7 Å². The summed E-state index contributed by atoms with van der Waals surface area (Å²) in [6, 6.07) is 9.72. The van der Waals surface area contributed by atoms with E-state index in [0.717, 1.165) is 44.9 Å². The second-order valence-corrected chi connectivity index (χ2v) is 17.9. The highest BCUT2D eigenvalue weighted by molar-refractivity contribution is 6.32. The number of hydrogen-bond donors (Lipinski definition) is 2. The molecule has 2 aromatic carbocycles. The number of carbonyl (C=O) groups is 5. The third kappa shape index (κ3) is 8.74. The smallest absolute Gasteiger partial charge is 0.332 e. The van der Waals surface area contributed by atoms with Gasteiger partial charge in [0.1, 0.15) is 6.04 Å². The van der Waals surface area contributed by atoms with E-state index in [1.165, 1.54) is 17.7 Å². The molecule has 9 rings (SSSR count). The second kappa shape index (κ2) is 19.2. The highest BCUT2D eigenvalue weighted by Crippen LogP contribution is 2.53. The number of benzene rings is 2. The number of ether oxygens (including phenoxy) is 3. The summed E-state index contributed by atoms with van der Waals surface area (Å²) in [5, 5.41) is 15.3. The molecule has 2 aromatic heterocycles. The highest BCUT2D eigenvalue weighted by atomic mass is 35.5. The van der Waals surface area contributed by atoms with Crippen LogP contribution in [0.25, 0.3) is 11.2 Å². The monoisotopic (exact) mass is 953 g/mol. The number of piperidine rings is 1. The first-order valence-corrected chi connectivity index (χ1v) is 23.1. The molecule has 2 N–H and O–H groups in total. The van der Waals surface area contributed by atoms with Gasteiger partial charge in [-0.15, -0.1) is 0 Å². The molecule has 0 radical (unpaired) electrons. The number of imide groups is 2. The number of rotatable bonds is 18. The summed E-state index contributed by atoms with van der Waals surface area (Å²) in [7, 11) is 3.06. The molecule has 22 heteroatoms. The van der Waals surface area contributed by atoms with Gasteiger partial charge in [0.25, 0.3) is 17.4 Å². The molecule has 21 nitrogen and oxygen atoms in total. The quantitative estimate of drug-likeness (QED) is 0.107. The van der Waals surface area contributed by atoms with E-state index >= 15 is 0 Å². The maximum Gasteiger partial charge on any atom is 0.332 e. The van der Waals surface area contributed by atoms with E-state index in [4.69, 9.17) is 30.8 Å². The number of fused-ring (bicyclic) bond motifs is 2. The Morgan fingerprint density at radius 3 is 2.31 bits per heavy atom. The van der Waals surface area contributed by atoms with Crippen LogP contribution in [-0.2, 0) is 49.2 Å². The van der Waals surface area contributed by atoms with Crippen LogP contribution in [-0.4, -0.2) is 148 Å². The van der Waals surface area contributed by atoms with Gasteiger partial charge in [0.15, 0.2) is 11.2 Å². The van der Waals surface area contributed by atoms with E-state index in [1.54, 1.807) is 24.1 Å². The Bertz CT molecular complexity index is 2910. The summed E-state index contributed by atoms with van der Waals surface area (Å²) in [4.78, 5) is 99.9. The zero-order valence-electron chi connectivity index (χ0n) is 38.0. The number of aromatic nitrogens is 4. The highest BCUT2D eigenvalue weighted by Gasteiger charge is 2.55. The Morgan fingerprint density at radius 1 is 0.882 bits per heavy atom. The zero-order chi connectivity index (χ0) is 47.9. The second-order valence-electron chi connectivity index (χ2n) is 17.5. The molecule has 358 valence electrons. The molecule has 0 bridgehead atoms. The summed E-state index contributed by atoms with van der Waals surface area (Å²) in [6.45, 7) is 6.04. The zero-order valence-corrected chi connectivity index (χ0v) is 38.8. The van der Waals surface area contributed by atoms with Crippen LogP contribution in [0.15, 0.2) is 56.2 Å². The molecule has 5 aliphatic rings. The first kappa shape index (κ1) is 46.6. The van der Waals surface area contributed by atoms with Crippen LogP contribution in [0.3, 0.4) is 0 Å². The summed E-state index contributed by atoms with van der Waals surface area (Å²) in [6.07, 6.45) is 2.03. The number of aryl methyl sites for hydroxylation is 2. The lowest BCUT2D eigenvalue weighted by molar-refractivity contribution is -0.136. The van der Waals surface area contributed by atoms with Gasteiger partial charge in [-0.05, 0) is 49.9 Å². The van der Waals surface area contributed by atoms with Crippen LogP contribution in [0.5, 0.6) is 0 Å². The van der Waals surface area contributed by atoms with E-state index in [0.29, 0.717) is 81.3 Å². The predicted molar refractivity (Wildman–Crippen MR) is 250 cm³/mol. The predicted octanol–water partition coefficient (Wildman–Crippen LogP) is 1.64. The molecule has 1 saturated carbocycles. The fourth-order valence-electron chi connectivity index (χ4n) is 9.26. The number of halogens is 1. The Balaban J connectivity index is 0.697. The lowest BCUT2D eigenvalue weighted by Crippen LogP contribution is -2.54. The van der Waals surface area contributed by atoms with E-state index in [2.05, 4.69) is 20.8 Å². The Kier molecular flexibility index (Phi) is 13.2. The van der Waals surface area contributed by atoms with Crippen LogP contribution < -0.4 is 26.8 Å². The van der Waals surface area contributed by atoms with Gasteiger partial charge in [0.05, 0.1) is 80.6 Å². The number of hydrogen-bond acceptors (Lipinski definition) is 15. The van der Waals surface area contributed by atoms with Crippen LogP contribution in [0, 0.1) is 12.3 Å². The van der Waals surface area contributed by atoms with Crippen molar-refractivity contribution in [1.82, 2.24) is 33.8 Å². The van der Waals surface area contributed by atoms with Gasteiger partial charge in [-0.25, -0.2) is 4.79 Å². The molecule has 4 aromatic rings. The minimum absolute atomic E-state index is 0.0442. The fraction of sp³-hybridized carbons (Fsp3) is 0.478. The molecule has 6 heterocycles. The lowest BCUT2D eigenvalue weighted by atomic mass is 9.89. The van der Waals surface area contributed by atoms with Gasteiger partial charge >= 0.3 is 5.69 Å². The van der Waals surface area contributed by atoms with Gasteiger partial charge in [0, 0.05) is 69.5 Å². The summed E-state index contributed by atoms with van der Waals surface area (Å²) in [5.41, 5.74) is 3.65. The minimum atomic E-state index is -1.04. The summed E-state index contributed by atoms with van der Waals surface area (Å²) >= 11 is 6.49. The minimum Gasteiger partial charge on any atom is -0.382 e. The average molecular weight is 954 g/mol. The number of nitrogens with zero attached hydrogens (tertiary/aromatic N) is 9. The molecule has 1 spiro atoms. The number of carbonyl (C=O) groups excluding carboxylic acids is 5. The topological polar surface area (TPSA) is 233 Å². The van der Waals surface area contributed by atoms with Crippen LogP contribution in [0.2, 0.25) is 5.02 Å². The van der Waals surface area contributed by atoms with Crippen molar-refractivity contribution >= 4 is 75.4 Å². The lowest BCUT2D eigenvalue weighted by Gasteiger charge is -2.35. The van der Waals surface area contributed by atoms with Crippen LogP contribution in [0.4, 0.5) is 11.6 Å². The molecular weight excluding hydrogens is 902 g/mol. The van der Waals surface area contributed by atoms with Crippen LogP contribution in [0.1, 0.15) is 63.9 Å². The van der Waals surface area contributed by atoms with E-state index in [9.17, 15) is 33.6 Å². The first-order valence-electron chi connectivity index (χ1n) is 22.7. The van der Waals surface area contributed by atoms with Crippen molar-refractivity contribution in [3.8, 4) is 0 Å². The standard InChI is InChI=1S/C46H52ClN11O10/c1-27-7-8-28(25-30(27)47)38-46(12-13-46)33(51-52-38)26-57-37-39(53(2)45(65)54(3)43(37)64)50-44(57)56-17-15-55(16-18-56)35(60)11-19-66-21-23-68-24-22-67-20-14-48-31-6-4-5-29-36(31)42(63)58(41(29)62)32-9-10-34(59)49-40(32)61/h4-8,25,32,48H,9-24,26H2,1-3H3,(H,49,59,61). The van der Waals surface area contributed by atoms with E-state index < -0.39 is 40.9 Å². The normalized spacial score (nSPS) is 18.7. The largest absolute Gasteiger partial charge is 0.382 e. The first-order chi connectivity index (χ1) is 32.8. The van der Waals surface area contributed by atoms with E-state index in [1.807, 2.05) is 34.6 Å². The summed E-state index contributed by atoms with van der Waals surface area (Å²) in [5.74, 6) is -1.77. The number of nitrogens with one attached hydrogen (secondary N) is 2. The number of piperazine rings is 1. The van der Waals surface area contributed by atoms with Gasteiger partial charge < -0.3 is 29.3 Å². The van der Waals surface area contributed by atoms with Crippen molar-refractivity contribution in [2.24, 2.45) is 29.7 Å².